The van der Waals surface area contributed by atoms with E-state index in [-0.39, 0.29) is 6.54 Å². The number of aryl methyl sites for hydroxylation is 2. The van der Waals surface area contributed by atoms with E-state index in [1.165, 1.54) is 9.13 Å². The van der Waals surface area contributed by atoms with Gasteiger partial charge in [0, 0.05) is 29.7 Å². The van der Waals surface area contributed by atoms with Crippen LogP contribution >= 0.6 is 0 Å². The molecule has 5 aromatic rings. The molecule has 3 heterocycles. The van der Waals surface area contributed by atoms with Gasteiger partial charge in [0.05, 0.1) is 6.54 Å². The molecule has 0 fully saturated rings. The number of nitrogens with zero attached hydrogens (tertiary/aromatic N) is 5. The topological polar surface area (TPSA) is 109 Å². The first-order chi connectivity index (χ1) is 15.8. The van der Waals surface area contributed by atoms with E-state index in [0.717, 1.165) is 22.6 Å². The quantitative estimate of drug-likeness (QED) is 0.458. The van der Waals surface area contributed by atoms with Gasteiger partial charge < -0.3 is 5.73 Å². The Morgan fingerprint density at radius 3 is 2.27 bits per heavy atom. The van der Waals surface area contributed by atoms with Crippen molar-refractivity contribution in [1.29, 1.82) is 0 Å². The van der Waals surface area contributed by atoms with Gasteiger partial charge in [-0.2, -0.15) is 4.98 Å². The molecule has 2 N–H and O–H groups in total. The Morgan fingerprint density at radius 2 is 1.64 bits per heavy atom. The zero-order valence-corrected chi connectivity index (χ0v) is 18.4. The third kappa shape index (κ3) is 3.00. The van der Waals surface area contributed by atoms with Gasteiger partial charge in [-0.15, -0.1) is 0 Å². The Balaban J connectivity index is 1.80. The summed E-state index contributed by atoms with van der Waals surface area (Å²) in [5.41, 5.74) is 8.93. The van der Waals surface area contributed by atoms with E-state index in [1.54, 1.807) is 35.7 Å². The van der Waals surface area contributed by atoms with Gasteiger partial charge in [0.2, 0.25) is 11.7 Å². The summed E-state index contributed by atoms with van der Waals surface area (Å²) in [6.45, 7) is 4.01. The lowest BCUT2D eigenvalue weighted by atomic mass is 10.2. The lowest BCUT2D eigenvalue weighted by molar-refractivity contribution is 0.100. The molecule has 33 heavy (non-hydrogen) atoms. The van der Waals surface area contributed by atoms with Gasteiger partial charge in [0.25, 0.3) is 5.56 Å². The first kappa shape index (κ1) is 20.5. The molecule has 0 aliphatic carbocycles. The Bertz CT molecular complexity index is 1670. The Kier molecular flexibility index (Phi) is 4.56. The van der Waals surface area contributed by atoms with Crippen LogP contribution in [0.25, 0.3) is 22.6 Å². The molecule has 1 amide bonds. The molecule has 0 saturated heterocycles. The van der Waals surface area contributed by atoms with Crippen LogP contribution in [-0.2, 0) is 13.6 Å². The third-order valence-electron chi connectivity index (χ3n) is 6.11. The molecule has 0 saturated carbocycles. The molecule has 0 atom stereocenters. The highest BCUT2D eigenvalue weighted by atomic mass is 16.2. The minimum absolute atomic E-state index is 0.169. The molecule has 0 aliphatic rings. The predicted molar refractivity (Wildman–Crippen MR) is 125 cm³/mol. The Labute approximate surface area is 187 Å². The van der Waals surface area contributed by atoms with Crippen LogP contribution in [0.5, 0.6) is 0 Å². The molecule has 3 aromatic heterocycles. The molecular weight excluding hydrogens is 420 g/mol. The fraction of sp³-hybridized carbons (Fsp3) is 0.167. The smallest absolute Gasteiger partial charge is 0.332 e. The summed E-state index contributed by atoms with van der Waals surface area (Å²) in [7, 11) is 1.62. The van der Waals surface area contributed by atoms with Gasteiger partial charge in [0.1, 0.15) is 0 Å². The summed E-state index contributed by atoms with van der Waals surface area (Å²) in [6.07, 6.45) is 0. The number of primary amides is 1. The average Bonchev–Trinajstić information content (AvgIpc) is 3.31. The molecule has 0 radical (unpaired) electrons. The third-order valence-corrected chi connectivity index (χ3v) is 6.11. The number of rotatable bonds is 4. The second-order valence-corrected chi connectivity index (χ2v) is 8.06. The zero-order valence-electron chi connectivity index (χ0n) is 18.4. The number of benzene rings is 2. The Hall–Kier alpha value is -4.40. The van der Waals surface area contributed by atoms with Crippen molar-refractivity contribution in [3.05, 3.63) is 98.0 Å². The van der Waals surface area contributed by atoms with Crippen LogP contribution in [0.2, 0.25) is 0 Å². The Morgan fingerprint density at radius 1 is 0.970 bits per heavy atom. The number of aromatic nitrogens is 5. The van der Waals surface area contributed by atoms with Crippen molar-refractivity contribution in [2.75, 3.05) is 0 Å². The van der Waals surface area contributed by atoms with Crippen LogP contribution in [0.15, 0.2) is 64.2 Å². The van der Waals surface area contributed by atoms with Gasteiger partial charge in [-0.05, 0) is 43.7 Å². The van der Waals surface area contributed by atoms with Crippen molar-refractivity contribution >= 4 is 22.8 Å². The summed E-state index contributed by atoms with van der Waals surface area (Å²) in [4.78, 5) is 42.7. The largest absolute Gasteiger partial charge is 0.366 e. The van der Waals surface area contributed by atoms with Crippen molar-refractivity contribution in [2.45, 2.75) is 20.4 Å². The van der Waals surface area contributed by atoms with Gasteiger partial charge in [-0.1, -0.05) is 30.3 Å². The summed E-state index contributed by atoms with van der Waals surface area (Å²) >= 11 is 0. The number of carbonyl (C=O) groups is 1. The lowest BCUT2D eigenvalue weighted by Crippen LogP contribution is -2.39. The van der Waals surface area contributed by atoms with Crippen LogP contribution in [-0.4, -0.2) is 29.0 Å². The minimum atomic E-state index is -0.507. The number of carbonyl (C=O) groups excluding carboxylic acids is 1. The van der Waals surface area contributed by atoms with Crippen LogP contribution in [0.1, 0.15) is 27.3 Å². The first-order valence-electron chi connectivity index (χ1n) is 10.4. The highest BCUT2D eigenvalue weighted by Crippen LogP contribution is 2.24. The molecule has 0 bridgehead atoms. The normalized spacial score (nSPS) is 11.5. The van der Waals surface area contributed by atoms with Crippen molar-refractivity contribution in [3.63, 3.8) is 0 Å². The van der Waals surface area contributed by atoms with Crippen LogP contribution in [0, 0.1) is 13.8 Å². The van der Waals surface area contributed by atoms with Crippen molar-refractivity contribution in [2.24, 2.45) is 12.8 Å². The summed E-state index contributed by atoms with van der Waals surface area (Å²) in [5, 5.41) is 0. The molecule has 0 spiro atoms. The fourth-order valence-corrected chi connectivity index (χ4v) is 4.24. The van der Waals surface area contributed by atoms with Crippen LogP contribution in [0.3, 0.4) is 0 Å². The lowest BCUT2D eigenvalue weighted by Gasteiger charge is -2.09. The maximum Gasteiger partial charge on any atom is 0.332 e. The number of fused-ring (bicyclic) bond motifs is 3. The number of hydrogen-bond donors (Lipinski definition) is 1. The summed E-state index contributed by atoms with van der Waals surface area (Å²) < 4.78 is 6.32. The van der Waals surface area contributed by atoms with Crippen LogP contribution in [0.4, 0.5) is 0 Å². The zero-order chi connectivity index (χ0) is 23.4. The van der Waals surface area contributed by atoms with Gasteiger partial charge in [0.15, 0.2) is 11.2 Å². The van der Waals surface area contributed by atoms with Crippen molar-refractivity contribution < 1.29 is 4.79 Å². The van der Waals surface area contributed by atoms with Gasteiger partial charge in [-0.25, -0.2) is 4.79 Å². The summed E-state index contributed by atoms with van der Waals surface area (Å²) in [5.74, 6) is 0.00371. The van der Waals surface area contributed by atoms with E-state index in [4.69, 9.17) is 5.73 Å². The number of imidazole rings is 2. The number of hydrogen-bond acceptors (Lipinski definition) is 4. The van der Waals surface area contributed by atoms with E-state index < -0.39 is 17.2 Å². The highest BCUT2D eigenvalue weighted by molar-refractivity contribution is 5.93. The van der Waals surface area contributed by atoms with E-state index in [1.807, 2.05) is 48.7 Å². The van der Waals surface area contributed by atoms with Gasteiger partial charge >= 0.3 is 5.69 Å². The maximum atomic E-state index is 13.5. The van der Waals surface area contributed by atoms with E-state index >= 15 is 0 Å². The average molecular weight is 442 g/mol. The minimum Gasteiger partial charge on any atom is -0.366 e. The molecule has 0 aliphatic heterocycles. The molecular formula is C24H22N6O3. The molecule has 0 unspecified atom stereocenters. The monoisotopic (exact) mass is 442 g/mol. The van der Waals surface area contributed by atoms with E-state index in [9.17, 15) is 14.4 Å². The predicted octanol–water partition coefficient (Wildman–Crippen LogP) is 1.90. The highest BCUT2D eigenvalue weighted by Gasteiger charge is 2.23. The first-order valence-corrected chi connectivity index (χ1v) is 10.4. The second-order valence-electron chi connectivity index (χ2n) is 8.06. The van der Waals surface area contributed by atoms with Crippen molar-refractivity contribution in [1.82, 2.24) is 23.1 Å². The molecule has 2 aromatic carbocycles. The van der Waals surface area contributed by atoms with E-state index in [2.05, 4.69) is 4.98 Å². The molecule has 9 heteroatoms. The van der Waals surface area contributed by atoms with Gasteiger partial charge in [-0.3, -0.25) is 27.7 Å². The SMILES string of the molecule is Cc1c(C)n2c3c(=O)n(Cc4ccccc4)c(=O)n(C)c3nc2n1-c1ccc(C(N)=O)cc1. The summed E-state index contributed by atoms with van der Waals surface area (Å²) in [6, 6.07) is 16.2. The number of amides is 1. The molecule has 5 rings (SSSR count). The van der Waals surface area contributed by atoms with E-state index in [0.29, 0.717) is 22.5 Å². The molecule has 166 valence electrons. The maximum absolute atomic E-state index is 13.5. The van der Waals surface area contributed by atoms with Crippen molar-refractivity contribution in [3.8, 4) is 5.69 Å². The second kappa shape index (κ2) is 7.33. The van der Waals surface area contributed by atoms with Crippen LogP contribution < -0.4 is 17.0 Å². The number of nitrogens with two attached hydrogens (primary N) is 1. The standard InChI is InChI=1S/C24H22N6O3/c1-14-15(2)30-19-21(26-23(30)29(14)18-11-9-17(10-12-18)20(25)31)27(3)24(33)28(22(19)32)13-16-7-5-4-6-8-16/h4-12H,13H2,1-3H3,(H2,25,31). The fourth-order valence-electron chi connectivity index (χ4n) is 4.24. The molecule has 9 nitrogen and oxygen atoms in total.